The van der Waals surface area contributed by atoms with Gasteiger partial charge in [0.2, 0.25) is 0 Å². The second-order valence-corrected chi connectivity index (χ2v) is 3.57. The largest absolute Gasteiger partial charge is 0.573 e. The van der Waals surface area contributed by atoms with E-state index in [1.165, 1.54) is 24.3 Å². The Balaban J connectivity index is 2.13. The zero-order valence-corrected chi connectivity index (χ0v) is 9.11. The first-order chi connectivity index (χ1) is 8.46. The molecule has 18 heavy (non-hydrogen) atoms. The number of ether oxygens (including phenoxy) is 1. The summed E-state index contributed by atoms with van der Waals surface area (Å²) in [6.07, 6.45) is -3.10. The number of H-pyrrole nitrogens is 1. The molecule has 0 aliphatic rings. The predicted molar refractivity (Wildman–Crippen MR) is 56.7 cm³/mol. The van der Waals surface area contributed by atoms with E-state index < -0.39 is 6.36 Å². The highest BCUT2D eigenvalue weighted by atomic mass is 19.4. The van der Waals surface area contributed by atoms with Gasteiger partial charge < -0.3 is 4.74 Å². The SMILES string of the molecule is [CH2]C(c1ccc(OC(F)(F)F)cc1)c1c[nH]nn1. The molecule has 0 spiro atoms. The summed E-state index contributed by atoms with van der Waals surface area (Å²) < 4.78 is 39.7. The van der Waals surface area contributed by atoms with Crippen molar-refractivity contribution >= 4 is 0 Å². The molecule has 0 aliphatic carbocycles. The summed E-state index contributed by atoms with van der Waals surface area (Å²) in [4.78, 5) is 0. The average Bonchev–Trinajstić information content (AvgIpc) is 2.80. The summed E-state index contributed by atoms with van der Waals surface area (Å²) in [5.41, 5.74) is 1.33. The van der Waals surface area contributed by atoms with Gasteiger partial charge in [-0.15, -0.1) is 18.3 Å². The molecule has 7 heteroatoms. The van der Waals surface area contributed by atoms with Crippen molar-refractivity contribution in [3.63, 3.8) is 0 Å². The van der Waals surface area contributed by atoms with Crippen LogP contribution >= 0.6 is 0 Å². The fourth-order valence-corrected chi connectivity index (χ4v) is 1.45. The summed E-state index contributed by atoms with van der Waals surface area (Å²) in [7, 11) is 0. The fourth-order valence-electron chi connectivity index (χ4n) is 1.45. The van der Waals surface area contributed by atoms with E-state index in [-0.39, 0.29) is 11.7 Å². The molecule has 0 bridgehead atoms. The lowest BCUT2D eigenvalue weighted by Crippen LogP contribution is -2.17. The number of benzene rings is 1. The molecule has 0 fully saturated rings. The first kappa shape index (κ1) is 12.4. The third-order valence-corrected chi connectivity index (χ3v) is 2.31. The molecular formula is C11H9F3N3O. The molecule has 0 amide bonds. The van der Waals surface area contributed by atoms with Crippen LogP contribution in [-0.4, -0.2) is 21.8 Å². The molecule has 4 nitrogen and oxygen atoms in total. The van der Waals surface area contributed by atoms with Crippen LogP contribution in [0.5, 0.6) is 5.75 Å². The third kappa shape index (κ3) is 2.99. The van der Waals surface area contributed by atoms with Gasteiger partial charge in [0.15, 0.2) is 0 Å². The number of aromatic nitrogens is 3. The van der Waals surface area contributed by atoms with Crippen LogP contribution in [-0.2, 0) is 0 Å². The zero-order valence-electron chi connectivity index (χ0n) is 9.11. The Hall–Kier alpha value is -2.05. The second-order valence-electron chi connectivity index (χ2n) is 3.57. The van der Waals surface area contributed by atoms with E-state index >= 15 is 0 Å². The number of hydrogen-bond donors (Lipinski definition) is 1. The molecule has 1 atom stereocenters. The van der Waals surface area contributed by atoms with Crippen molar-refractivity contribution in [2.45, 2.75) is 12.3 Å². The van der Waals surface area contributed by atoms with Gasteiger partial charge in [0.1, 0.15) is 5.75 Å². The van der Waals surface area contributed by atoms with E-state index in [9.17, 15) is 13.2 Å². The topological polar surface area (TPSA) is 50.8 Å². The normalized spacial score (nSPS) is 13.3. The first-order valence-electron chi connectivity index (χ1n) is 5.01. The molecule has 1 N–H and O–H groups in total. The molecule has 2 aromatic rings. The smallest absolute Gasteiger partial charge is 0.406 e. The lowest BCUT2D eigenvalue weighted by Gasteiger charge is -2.11. The van der Waals surface area contributed by atoms with Crippen LogP contribution in [0.15, 0.2) is 30.5 Å². The number of halogens is 3. The molecule has 1 heterocycles. The molecule has 0 saturated carbocycles. The first-order valence-corrected chi connectivity index (χ1v) is 5.01. The van der Waals surface area contributed by atoms with Crippen molar-refractivity contribution in [1.82, 2.24) is 15.4 Å². The number of nitrogens with zero attached hydrogens (tertiary/aromatic N) is 2. The van der Waals surface area contributed by atoms with E-state index in [1.54, 1.807) is 6.20 Å². The van der Waals surface area contributed by atoms with E-state index in [1.807, 2.05) is 0 Å². The Morgan fingerprint density at radius 3 is 2.39 bits per heavy atom. The highest BCUT2D eigenvalue weighted by Gasteiger charge is 2.31. The lowest BCUT2D eigenvalue weighted by atomic mass is 9.98. The minimum atomic E-state index is -4.68. The quantitative estimate of drug-likeness (QED) is 0.918. The Morgan fingerprint density at radius 1 is 1.22 bits per heavy atom. The van der Waals surface area contributed by atoms with Crippen LogP contribution in [0.2, 0.25) is 0 Å². The van der Waals surface area contributed by atoms with Gasteiger partial charge in [0, 0.05) is 12.1 Å². The van der Waals surface area contributed by atoms with Gasteiger partial charge in [0.25, 0.3) is 0 Å². The summed E-state index contributed by atoms with van der Waals surface area (Å²) in [5.74, 6) is -0.567. The maximum absolute atomic E-state index is 12.0. The number of nitrogens with one attached hydrogen (secondary N) is 1. The summed E-state index contributed by atoms with van der Waals surface area (Å²) >= 11 is 0. The van der Waals surface area contributed by atoms with Crippen LogP contribution in [0.3, 0.4) is 0 Å². The van der Waals surface area contributed by atoms with Gasteiger partial charge in [-0.1, -0.05) is 17.3 Å². The molecule has 1 aromatic carbocycles. The molecule has 0 saturated heterocycles. The number of aromatic amines is 1. The molecule has 0 aliphatic heterocycles. The van der Waals surface area contributed by atoms with E-state index in [0.717, 1.165) is 5.56 Å². The fraction of sp³-hybridized carbons (Fsp3) is 0.182. The highest BCUT2D eigenvalue weighted by Crippen LogP contribution is 2.26. The molecule has 2 rings (SSSR count). The van der Waals surface area contributed by atoms with Crippen LogP contribution < -0.4 is 4.74 Å². The molecule has 1 aromatic heterocycles. The van der Waals surface area contributed by atoms with Gasteiger partial charge in [-0.25, -0.2) is 0 Å². The van der Waals surface area contributed by atoms with Crippen molar-refractivity contribution in [1.29, 1.82) is 0 Å². The standard InChI is InChI=1S/C11H9F3N3O/c1-7(10-6-15-17-16-10)8-2-4-9(5-3-8)18-11(12,13)14/h2-7H,1H2,(H,15,16,17). The van der Waals surface area contributed by atoms with E-state index in [2.05, 4.69) is 27.1 Å². The molecular weight excluding hydrogens is 247 g/mol. The average molecular weight is 256 g/mol. The van der Waals surface area contributed by atoms with Crippen molar-refractivity contribution in [3.8, 4) is 5.75 Å². The van der Waals surface area contributed by atoms with Gasteiger partial charge in [-0.2, -0.15) is 0 Å². The third-order valence-electron chi connectivity index (χ3n) is 2.31. The Labute approximate surface area is 101 Å². The van der Waals surface area contributed by atoms with Gasteiger partial charge in [-0.3, -0.25) is 5.10 Å². The van der Waals surface area contributed by atoms with Crippen LogP contribution in [0.4, 0.5) is 13.2 Å². The van der Waals surface area contributed by atoms with Gasteiger partial charge in [0.05, 0.1) is 5.69 Å². The maximum atomic E-state index is 12.0. The Kier molecular flexibility index (Phi) is 3.22. The highest BCUT2D eigenvalue weighted by molar-refractivity contribution is 5.33. The minimum absolute atomic E-state index is 0.265. The van der Waals surface area contributed by atoms with Crippen molar-refractivity contribution < 1.29 is 17.9 Å². The maximum Gasteiger partial charge on any atom is 0.573 e. The second kappa shape index (κ2) is 4.67. The summed E-state index contributed by atoms with van der Waals surface area (Å²) in [5, 5.41) is 9.89. The van der Waals surface area contributed by atoms with Crippen LogP contribution in [0, 0.1) is 6.92 Å². The molecule has 1 radical (unpaired) electrons. The van der Waals surface area contributed by atoms with Crippen molar-refractivity contribution in [3.05, 3.63) is 48.6 Å². The van der Waals surface area contributed by atoms with Crippen molar-refractivity contribution in [2.24, 2.45) is 0 Å². The predicted octanol–water partition coefficient (Wildman–Crippen LogP) is 2.67. The van der Waals surface area contributed by atoms with E-state index in [4.69, 9.17) is 0 Å². The number of rotatable bonds is 3. The molecule has 95 valence electrons. The minimum Gasteiger partial charge on any atom is -0.406 e. The number of hydrogen-bond acceptors (Lipinski definition) is 3. The van der Waals surface area contributed by atoms with Crippen LogP contribution in [0.25, 0.3) is 0 Å². The Morgan fingerprint density at radius 2 is 1.89 bits per heavy atom. The Bertz CT molecular complexity index is 493. The monoisotopic (exact) mass is 256 g/mol. The summed E-state index contributed by atoms with van der Waals surface area (Å²) in [6, 6.07) is 5.49. The van der Waals surface area contributed by atoms with E-state index in [0.29, 0.717) is 5.69 Å². The van der Waals surface area contributed by atoms with Crippen molar-refractivity contribution in [2.75, 3.05) is 0 Å². The number of alkyl halides is 3. The van der Waals surface area contributed by atoms with Gasteiger partial charge >= 0.3 is 6.36 Å². The zero-order chi connectivity index (χ0) is 13.2. The van der Waals surface area contributed by atoms with Gasteiger partial charge in [-0.05, 0) is 24.6 Å². The molecule has 1 unspecified atom stereocenters. The lowest BCUT2D eigenvalue weighted by molar-refractivity contribution is -0.274. The summed E-state index contributed by atoms with van der Waals surface area (Å²) in [6.45, 7) is 3.87. The van der Waals surface area contributed by atoms with Crippen LogP contribution in [0.1, 0.15) is 17.2 Å².